The van der Waals surface area contributed by atoms with Crippen LogP contribution in [0.4, 0.5) is 0 Å². The standard InChI is InChI=1S/C34H37ClN2O5/c1-2-40-32(38)34(15-6-16-34)42-30-10-3-9-29-28(30)23-24(27-8-4-19-36-31(27)41-29)7-5-20-37-21-17-33(39,18-22-37)25-11-13-26(35)14-12-25/h3-4,7-14,19,23,30,39H,2,5-6,15-18,20-22H2,1H3. The molecule has 8 heteroatoms. The lowest BCUT2D eigenvalue weighted by atomic mass is 9.79. The number of pyridine rings is 1. The molecular formula is C34H37ClN2O5. The molecule has 2 fully saturated rings. The third-order valence-electron chi connectivity index (χ3n) is 8.76. The molecule has 1 saturated heterocycles. The number of hydrogen-bond acceptors (Lipinski definition) is 7. The zero-order chi connectivity index (χ0) is 29.2. The van der Waals surface area contributed by atoms with Crippen molar-refractivity contribution in [3.63, 3.8) is 0 Å². The van der Waals surface area contributed by atoms with Crippen molar-refractivity contribution in [3.8, 4) is 5.88 Å². The maximum atomic E-state index is 12.8. The van der Waals surface area contributed by atoms with Crippen molar-refractivity contribution in [2.45, 2.75) is 62.8 Å². The van der Waals surface area contributed by atoms with Crippen LogP contribution < -0.4 is 4.74 Å². The first kappa shape index (κ1) is 28.9. The fourth-order valence-corrected chi connectivity index (χ4v) is 6.24. The van der Waals surface area contributed by atoms with Crippen molar-refractivity contribution in [2.24, 2.45) is 0 Å². The van der Waals surface area contributed by atoms with Gasteiger partial charge in [-0.15, -0.1) is 0 Å². The van der Waals surface area contributed by atoms with Gasteiger partial charge in [0.1, 0.15) is 11.9 Å². The number of aromatic nitrogens is 1. The normalized spacial score (nSPS) is 23.4. The highest BCUT2D eigenvalue weighted by molar-refractivity contribution is 6.30. The Morgan fingerprint density at radius 1 is 1.19 bits per heavy atom. The molecule has 2 aliphatic heterocycles. The van der Waals surface area contributed by atoms with E-state index in [-0.39, 0.29) is 5.97 Å². The summed E-state index contributed by atoms with van der Waals surface area (Å²) in [6.45, 7) is 4.64. The summed E-state index contributed by atoms with van der Waals surface area (Å²) >= 11 is 6.05. The molecule has 3 heterocycles. The van der Waals surface area contributed by atoms with Crippen molar-refractivity contribution in [1.82, 2.24) is 9.88 Å². The Morgan fingerprint density at radius 3 is 2.69 bits per heavy atom. The van der Waals surface area contributed by atoms with Crippen LogP contribution in [0.5, 0.6) is 5.88 Å². The quantitative estimate of drug-likeness (QED) is 0.371. The predicted molar refractivity (Wildman–Crippen MR) is 162 cm³/mol. The highest BCUT2D eigenvalue weighted by Crippen LogP contribution is 2.43. The number of carbonyl (C=O) groups is 1. The molecule has 1 aromatic carbocycles. The lowest BCUT2D eigenvalue weighted by Crippen LogP contribution is -2.51. The van der Waals surface area contributed by atoms with Gasteiger partial charge in [-0.05, 0) is 93.0 Å². The largest absolute Gasteiger partial charge is 0.464 e. The maximum absolute atomic E-state index is 12.8. The Morgan fingerprint density at radius 2 is 1.98 bits per heavy atom. The Hall–Kier alpha value is -3.23. The van der Waals surface area contributed by atoms with Crippen LogP contribution in [0.3, 0.4) is 0 Å². The first-order chi connectivity index (χ1) is 20.4. The van der Waals surface area contributed by atoms with E-state index < -0.39 is 17.3 Å². The Bertz CT molecular complexity index is 1430. The van der Waals surface area contributed by atoms with E-state index in [1.807, 2.05) is 61.5 Å². The van der Waals surface area contributed by atoms with E-state index in [1.165, 1.54) is 0 Å². The average molecular weight is 589 g/mol. The van der Waals surface area contributed by atoms with Crippen LogP contribution in [-0.2, 0) is 19.9 Å². The molecule has 7 nitrogen and oxygen atoms in total. The fraction of sp³-hybridized carbons (Fsp3) is 0.412. The van der Waals surface area contributed by atoms with Gasteiger partial charge in [-0.25, -0.2) is 9.78 Å². The van der Waals surface area contributed by atoms with Gasteiger partial charge in [0.15, 0.2) is 5.60 Å². The number of aliphatic hydroxyl groups is 1. The molecule has 0 amide bonds. The number of likely N-dealkylation sites (tertiary alicyclic amines) is 1. The van der Waals surface area contributed by atoms with Gasteiger partial charge in [0.2, 0.25) is 5.88 Å². The molecule has 220 valence electrons. The molecule has 6 rings (SSSR count). The van der Waals surface area contributed by atoms with Gasteiger partial charge in [0, 0.05) is 42.0 Å². The molecule has 1 atom stereocenters. The number of allylic oxidation sites excluding steroid dienone is 4. The van der Waals surface area contributed by atoms with Gasteiger partial charge in [0.25, 0.3) is 0 Å². The van der Waals surface area contributed by atoms with Crippen LogP contribution in [-0.4, -0.2) is 58.9 Å². The third kappa shape index (κ3) is 5.84. The van der Waals surface area contributed by atoms with Gasteiger partial charge in [-0.1, -0.05) is 42.0 Å². The molecule has 1 aromatic heterocycles. The van der Waals surface area contributed by atoms with Gasteiger partial charge < -0.3 is 24.2 Å². The summed E-state index contributed by atoms with van der Waals surface area (Å²) in [6, 6.07) is 11.5. The number of halogens is 1. The lowest BCUT2D eigenvalue weighted by Gasteiger charge is -2.41. The monoisotopic (exact) mass is 588 g/mol. The minimum atomic E-state index is -0.919. The van der Waals surface area contributed by atoms with Crippen molar-refractivity contribution >= 4 is 23.1 Å². The number of esters is 1. The number of fused-ring (bicyclic) bond motifs is 2. The third-order valence-corrected chi connectivity index (χ3v) is 9.01. The molecule has 42 heavy (non-hydrogen) atoms. The van der Waals surface area contributed by atoms with E-state index >= 15 is 0 Å². The fourth-order valence-electron chi connectivity index (χ4n) is 6.11. The van der Waals surface area contributed by atoms with Crippen LogP contribution in [0.1, 0.15) is 56.6 Å². The molecular weight excluding hydrogens is 552 g/mol. The Balaban J connectivity index is 1.18. The van der Waals surface area contributed by atoms with Gasteiger partial charge in [-0.2, -0.15) is 0 Å². The van der Waals surface area contributed by atoms with E-state index in [1.54, 1.807) is 6.20 Å². The van der Waals surface area contributed by atoms with Crippen molar-refractivity contribution in [2.75, 3.05) is 26.2 Å². The van der Waals surface area contributed by atoms with E-state index in [0.29, 0.717) is 49.0 Å². The minimum Gasteiger partial charge on any atom is -0.464 e. The number of carbonyl (C=O) groups excluding carboxylic acids is 1. The molecule has 1 N–H and O–H groups in total. The SMILES string of the molecule is CCOC(=O)C1(OC2C=CC=C3Oc4ncccc4C(=CCCN4CCC(O)(c5ccc(Cl)cc5)CC4)C=C32)CCC1. The van der Waals surface area contributed by atoms with Crippen LogP contribution in [0, 0.1) is 0 Å². The number of benzene rings is 1. The lowest BCUT2D eigenvalue weighted by molar-refractivity contribution is -0.188. The average Bonchev–Trinajstić information content (AvgIpc) is 3.13. The second-order valence-electron chi connectivity index (χ2n) is 11.4. The second-order valence-corrected chi connectivity index (χ2v) is 11.8. The molecule has 4 aliphatic rings. The van der Waals surface area contributed by atoms with E-state index in [0.717, 1.165) is 54.7 Å². The van der Waals surface area contributed by atoms with Crippen LogP contribution >= 0.6 is 11.6 Å². The molecule has 2 aromatic rings. The summed E-state index contributed by atoms with van der Waals surface area (Å²) in [5.41, 5.74) is 1.98. The number of rotatable bonds is 8. The molecule has 2 aliphatic carbocycles. The van der Waals surface area contributed by atoms with Crippen molar-refractivity contribution < 1.29 is 24.1 Å². The Kier molecular flexibility index (Phi) is 8.37. The highest BCUT2D eigenvalue weighted by atomic mass is 35.5. The molecule has 0 spiro atoms. The number of piperidine rings is 1. The smallest absolute Gasteiger partial charge is 0.338 e. The second kappa shape index (κ2) is 12.2. The van der Waals surface area contributed by atoms with Crippen molar-refractivity contribution in [3.05, 3.63) is 100 Å². The summed E-state index contributed by atoms with van der Waals surface area (Å²) in [7, 11) is 0. The molecule has 1 unspecified atom stereocenters. The number of hydrogen-bond donors (Lipinski definition) is 1. The van der Waals surface area contributed by atoms with E-state index in [9.17, 15) is 9.90 Å². The van der Waals surface area contributed by atoms with Gasteiger partial charge in [0.05, 0.1) is 12.2 Å². The van der Waals surface area contributed by atoms with Crippen LogP contribution in [0.2, 0.25) is 5.02 Å². The first-order valence-electron chi connectivity index (χ1n) is 14.9. The van der Waals surface area contributed by atoms with E-state index in [4.69, 9.17) is 25.8 Å². The van der Waals surface area contributed by atoms with Gasteiger partial charge >= 0.3 is 5.97 Å². The highest BCUT2D eigenvalue weighted by Gasteiger charge is 2.49. The summed E-state index contributed by atoms with van der Waals surface area (Å²) < 4.78 is 18.2. The van der Waals surface area contributed by atoms with Crippen LogP contribution in [0.25, 0.3) is 5.57 Å². The Labute approximate surface area is 252 Å². The van der Waals surface area contributed by atoms with Crippen molar-refractivity contribution in [1.29, 1.82) is 0 Å². The molecule has 0 radical (unpaired) electrons. The zero-order valence-electron chi connectivity index (χ0n) is 23.9. The molecule has 1 saturated carbocycles. The number of nitrogens with zero attached hydrogens (tertiary/aromatic N) is 2. The summed E-state index contributed by atoms with van der Waals surface area (Å²) in [5, 5.41) is 11.9. The summed E-state index contributed by atoms with van der Waals surface area (Å²) in [5.74, 6) is 0.924. The maximum Gasteiger partial charge on any atom is 0.338 e. The van der Waals surface area contributed by atoms with Gasteiger partial charge in [-0.3, -0.25) is 0 Å². The zero-order valence-corrected chi connectivity index (χ0v) is 24.7. The van der Waals surface area contributed by atoms with Crippen LogP contribution in [0.15, 0.2) is 84.3 Å². The topological polar surface area (TPSA) is 81.1 Å². The van der Waals surface area contributed by atoms with E-state index in [2.05, 4.69) is 22.0 Å². The molecule has 0 bridgehead atoms. The summed E-state index contributed by atoms with van der Waals surface area (Å²) in [4.78, 5) is 19.8. The summed E-state index contributed by atoms with van der Waals surface area (Å²) in [6.07, 6.45) is 15.8. The predicted octanol–water partition coefficient (Wildman–Crippen LogP) is 6.14. The first-order valence-corrected chi connectivity index (χ1v) is 15.3. The minimum absolute atomic E-state index is 0.291. The number of ether oxygens (including phenoxy) is 3.